The Morgan fingerprint density at radius 2 is 1.95 bits per heavy atom. The summed E-state index contributed by atoms with van der Waals surface area (Å²) in [7, 11) is 0. The number of nitrogens with zero attached hydrogens (tertiary/aromatic N) is 2. The summed E-state index contributed by atoms with van der Waals surface area (Å²) in [6, 6.07) is 3.52. The molecule has 2 rings (SSSR count). The van der Waals surface area contributed by atoms with Crippen LogP contribution in [0.5, 0.6) is 0 Å². The van der Waals surface area contributed by atoms with Crippen LogP contribution in [0.3, 0.4) is 0 Å². The summed E-state index contributed by atoms with van der Waals surface area (Å²) in [6.45, 7) is 4.28. The van der Waals surface area contributed by atoms with Crippen molar-refractivity contribution in [2.24, 2.45) is 0 Å². The van der Waals surface area contributed by atoms with Crippen molar-refractivity contribution in [3.63, 3.8) is 0 Å². The number of rotatable bonds is 5. The van der Waals surface area contributed by atoms with E-state index in [1.165, 1.54) is 17.1 Å². The van der Waals surface area contributed by atoms with Crippen LogP contribution >= 0.6 is 0 Å². The molecular weight excluding hydrogens is 290 g/mol. The molecule has 0 aliphatic carbocycles. The van der Waals surface area contributed by atoms with E-state index < -0.39 is 11.6 Å². The third kappa shape index (κ3) is 3.16. The fraction of sp³-hybridized carbons (Fsp3) is 0.500. The first-order valence-corrected chi connectivity index (χ1v) is 7.52. The molecule has 0 radical (unpaired) electrons. The predicted molar refractivity (Wildman–Crippen MR) is 77.6 cm³/mol. The standard InChI is InChI=1S/C16H20F2N2O2/c1-3-8-19-13(4-2)14(21)9-15(22)20(19)10-11-6-5-7-12(17)16(11)18/h5-7,13H,3-4,8-10H2,1-2H3. The molecular formula is C16H20F2N2O2. The molecule has 0 bridgehead atoms. The number of amides is 1. The van der Waals surface area contributed by atoms with Crippen LogP contribution in [-0.2, 0) is 16.1 Å². The van der Waals surface area contributed by atoms with Crippen LogP contribution in [0.25, 0.3) is 0 Å². The van der Waals surface area contributed by atoms with Crippen molar-refractivity contribution in [3.05, 3.63) is 35.4 Å². The number of hydrogen-bond acceptors (Lipinski definition) is 3. The Labute approximate surface area is 128 Å². The van der Waals surface area contributed by atoms with Gasteiger partial charge in [0.1, 0.15) is 0 Å². The number of halogens is 2. The van der Waals surface area contributed by atoms with Crippen LogP contribution in [-0.4, -0.2) is 34.3 Å². The molecule has 1 aliphatic heterocycles. The average molecular weight is 310 g/mol. The summed E-state index contributed by atoms with van der Waals surface area (Å²) in [5.74, 6) is -2.37. The SMILES string of the molecule is CCCN1C(CC)C(=O)CC(=O)N1Cc1cccc(F)c1F. The van der Waals surface area contributed by atoms with Crippen molar-refractivity contribution >= 4 is 11.7 Å². The van der Waals surface area contributed by atoms with E-state index >= 15 is 0 Å². The Kier molecular flexibility index (Phi) is 5.24. The number of hydrogen-bond donors (Lipinski definition) is 0. The van der Waals surface area contributed by atoms with E-state index in [-0.39, 0.29) is 36.3 Å². The molecule has 1 heterocycles. The Morgan fingerprint density at radius 1 is 1.23 bits per heavy atom. The molecule has 1 aliphatic rings. The van der Waals surface area contributed by atoms with E-state index in [0.717, 1.165) is 12.5 Å². The smallest absolute Gasteiger partial charge is 0.244 e. The summed E-state index contributed by atoms with van der Waals surface area (Å²) in [4.78, 5) is 24.2. The van der Waals surface area contributed by atoms with Gasteiger partial charge in [0.15, 0.2) is 17.4 Å². The quantitative estimate of drug-likeness (QED) is 0.785. The molecule has 1 amide bonds. The summed E-state index contributed by atoms with van der Waals surface area (Å²) in [5.41, 5.74) is 0.110. The highest BCUT2D eigenvalue weighted by Gasteiger charge is 2.38. The Morgan fingerprint density at radius 3 is 2.59 bits per heavy atom. The molecule has 1 aromatic rings. The van der Waals surface area contributed by atoms with Gasteiger partial charge >= 0.3 is 0 Å². The molecule has 1 atom stereocenters. The first-order valence-electron chi connectivity index (χ1n) is 7.52. The highest BCUT2D eigenvalue weighted by molar-refractivity contribution is 6.02. The van der Waals surface area contributed by atoms with Gasteiger partial charge in [-0.2, -0.15) is 0 Å². The van der Waals surface area contributed by atoms with E-state index in [1.807, 2.05) is 13.8 Å². The average Bonchev–Trinajstić information content (AvgIpc) is 2.47. The van der Waals surface area contributed by atoms with Crippen LogP contribution in [0.2, 0.25) is 0 Å². The van der Waals surface area contributed by atoms with Crippen LogP contribution in [0.4, 0.5) is 8.78 Å². The third-order valence-electron chi connectivity index (χ3n) is 3.85. The maximum absolute atomic E-state index is 13.9. The van der Waals surface area contributed by atoms with Crippen LogP contribution in [0.1, 0.15) is 38.7 Å². The maximum atomic E-state index is 13.9. The van der Waals surface area contributed by atoms with Crippen LogP contribution < -0.4 is 0 Å². The minimum Gasteiger partial charge on any atom is -0.297 e. The van der Waals surface area contributed by atoms with Gasteiger partial charge in [0, 0.05) is 12.1 Å². The van der Waals surface area contributed by atoms with Gasteiger partial charge in [-0.1, -0.05) is 26.0 Å². The second-order valence-corrected chi connectivity index (χ2v) is 5.39. The molecule has 0 spiro atoms. The van der Waals surface area contributed by atoms with Gasteiger partial charge in [-0.3, -0.25) is 14.6 Å². The molecule has 1 unspecified atom stereocenters. The van der Waals surface area contributed by atoms with Gasteiger partial charge in [-0.25, -0.2) is 13.8 Å². The Balaban J connectivity index is 2.30. The van der Waals surface area contributed by atoms with E-state index in [0.29, 0.717) is 13.0 Å². The summed E-state index contributed by atoms with van der Waals surface area (Å²) >= 11 is 0. The zero-order chi connectivity index (χ0) is 16.3. The number of carbonyl (C=O) groups is 2. The third-order valence-corrected chi connectivity index (χ3v) is 3.85. The molecule has 4 nitrogen and oxygen atoms in total. The largest absolute Gasteiger partial charge is 0.297 e. The lowest BCUT2D eigenvalue weighted by Gasteiger charge is -2.43. The lowest BCUT2D eigenvalue weighted by atomic mass is 10.0. The summed E-state index contributed by atoms with van der Waals surface area (Å²) in [5, 5.41) is 3.08. The zero-order valence-corrected chi connectivity index (χ0v) is 12.8. The lowest BCUT2D eigenvalue weighted by molar-refractivity contribution is -0.170. The molecule has 1 saturated heterocycles. The second kappa shape index (κ2) is 6.96. The van der Waals surface area contributed by atoms with Gasteiger partial charge in [0.05, 0.1) is 19.0 Å². The normalized spacial score (nSPS) is 19.8. The minimum absolute atomic E-state index is 0.0633. The van der Waals surface area contributed by atoms with E-state index in [2.05, 4.69) is 0 Å². The van der Waals surface area contributed by atoms with Gasteiger partial charge in [0.2, 0.25) is 5.91 Å². The molecule has 0 aromatic heterocycles. The maximum Gasteiger partial charge on any atom is 0.244 e. The minimum atomic E-state index is -0.948. The van der Waals surface area contributed by atoms with E-state index in [4.69, 9.17) is 0 Å². The highest BCUT2D eigenvalue weighted by atomic mass is 19.2. The van der Waals surface area contributed by atoms with E-state index in [1.54, 1.807) is 5.01 Å². The van der Waals surface area contributed by atoms with Gasteiger partial charge < -0.3 is 0 Å². The molecule has 0 saturated carbocycles. The monoisotopic (exact) mass is 310 g/mol. The Hall–Kier alpha value is -1.82. The molecule has 1 fully saturated rings. The Bertz CT molecular complexity index is 577. The molecule has 120 valence electrons. The van der Waals surface area contributed by atoms with Crippen molar-refractivity contribution in [2.45, 2.75) is 45.7 Å². The number of ketones is 1. The predicted octanol–water partition coefficient (Wildman–Crippen LogP) is 2.67. The van der Waals surface area contributed by atoms with Crippen molar-refractivity contribution in [1.29, 1.82) is 0 Å². The first kappa shape index (κ1) is 16.5. The fourth-order valence-electron chi connectivity index (χ4n) is 2.79. The zero-order valence-electron chi connectivity index (χ0n) is 12.8. The topological polar surface area (TPSA) is 40.6 Å². The van der Waals surface area contributed by atoms with Crippen molar-refractivity contribution in [3.8, 4) is 0 Å². The van der Waals surface area contributed by atoms with Gasteiger partial charge in [0.25, 0.3) is 0 Å². The van der Waals surface area contributed by atoms with Crippen molar-refractivity contribution < 1.29 is 18.4 Å². The fourth-order valence-corrected chi connectivity index (χ4v) is 2.79. The molecule has 6 heteroatoms. The van der Waals surface area contributed by atoms with Gasteiger partial charge in [-0.05, 0) is 18.9 Å². The van der Waals surface area contributed by atoms with Crippen molar-refractivity contribution in [1.82, 2.24) is 10.0 Å². The molecule has 22 heavy (non-hydrogen) atoms. The molecule has 0 N–H and O–H groups in total. The number of Topliss-reactive ketones (excluding diaryl/α,β-unsaturated/α-hetero) is 1. The summed E-state index contributed by atoms with van der Waals surface area (Å²) in [6.07, 6.45) is 1.14. The second-order valence-electron chi connectivity index (χ2n) is 5.39. The number of benzene rings is 1. The van der Waals surface area contributed by atoms with Crippen LogP contribution in [0, 0.1) is 11.6 Å². The van der Waals surface area contributed by atoms with E-state index in [9.17, 15) is 18.4 Å². The van der Waals surface area contributed by atoms with Crippen molar-refractivity contribution in [2.75, 3.05) is 6.54 Å². The first-order chi connectivity index (χ1) is 10.5. The highest BCUT2D eigenvalue weighted by Crippen LogP contribution is 2.23. The number of hydrazine groups is 1. The number of carbonyl (C=O) groups excluding carboxylic acids is 2. The van der Waals surface area contributed by atoms with Crippen LogP contribution in [0.15, 0.2) is 18.2 Å². The van der Waals surface area contributed by atoms with Gasteiger partial charge in [-0.15, -0.1) is 0 Å². The lowest BCUT2D eigenvalue weighted by Crippen LogP contribution is -2.59. The molecule has 1 aromatic carbocycles. The summed E-state index contributed by atoms with van der Waals surface area (Å²) < 4.78 is 27.2.